The van der Waals surface area contributed by atoms with Gasteiger partial charge in [-0.3, -0.25) is 0 Å². The Bertz CT molecular complexity index is 206. The molecule has 3 nitrogen and oxygen atoms in total. The van der Waals surface area contributed by atoms with E-state index < -0.39 is 0 Å². The van der Waals surface area contributed by atoms with Crippen molar-refractivity contribution >= 4 is 0 Å². The average Bonchev–Trinajstić information content (AvgIpc) is 2.33. The second-order valence-electron chi connectivity index (χ2n) is 5.42. The van der Waals surface area contributed by atoms with Crippen LogP contribution in [0.25, 0.3) is 0 Å². The van der Waals surface area contributed by atoms with Crippen LogP contribution in [-0.4, -0.2) is 37.9 Å². The molecule has 2 fully saturated rings. The van der Waals surface area contributed by atoms with Crippen molar-refractivity contribution in [2.45, 2.75) is 51.2 Å². The van der Waals surface area contributed by atoms with E-state index in [1.54, 1.807) is 0 Å². The highest BCUT2D eigenvalue weighted by atomic mass is 16.5. The average molecular weight is 226 g/mol. The van der Waals surface area contributed by atoms with Gasteiger partial charge in [-0.25, -0.2) is 0 Å². The summed E-state index contributed by atoms with van der Waals surface area (Å²) >= 11 is 0. The zero-order valence-corrected chi connectivity index (χ0v) is 10.7. The summed E-state index contributed by atoms with van der Waals surface area (Å²) in [7, 11) is 0. The third-order valence-corrected chi connectivity index (χ3v) is 4.30. The molecule has 0 aromatic heterocycles. The molecule has 2 aliphatic heterocycles. The fourth-order valence-corrected chi connectivity index (χ4v) is 2.98. The highest BCUT2D eigenvalue weighted by molar-refractivity contribution is 4.99. The fraction of sp³-hybridized carbons (Fsp3) is 1.00. The monoisotopic (exact) mass is 226 g/mol. The smallest absolute Gasteiger partial charge is 0.0859 e. The Balaban J connectivity index is 2.00. The first-order valence-electron chi connectivity index (χ1n) is 6.85. The first-order valence-corrected chi connectivity index (χ1v) is 6.85. The molecule has 2 unspecified atom stereocenters. The van der Waals surface area contributed by atoms with Gasteiger partial charge in [-0.15, -0.1) is 0 Å². The number of hydrogen-bond donors (Lipinski definition) is 2. The van der Waals surface area contributed by atoms with E-state index in [0.29, 0.717) is 6.04 Å². The Morgan fingerprint density at radius 3 is 2.75 bits per heavy atom. The highest BCUT2D eigenvalue weighted by Gasteiger charge is 2.42. The van der Waals surface area contributed by atoms with Crippen molar-refractivity contribution in [3.05, 3.63) is 0 Å². The van der Waals surface area contributed by atoms with E-state index >= 15 is 0 Å². The quantitative estimate of drug-likeness (QED) is 0.766. The van der Waals surface area contributed by atoms with Crippen LogP contribution in [0.2, 0.25) is 0 Å². The molecule has 94 valence electrons. The van der Waals surface area contributed by atoms with E-state index in [2.05, 4.69) is 24.5 Å². The summed E-state index contributed by atoms with van der Waals surface area (Å²) in [5.74, 6) is 0.797. The summed E-state index contributed by atoms with van der Waals surface area (Å²) in [4.78, 5) is 0. The number of hydrogen-bond acceptors (Lipinski definition) is 3. The van der Waals surface area contributed by atoms with Gasteiger partial charge in [-0.2, -0.15) is 0 Å². The van der Waals surface area contributed by atoms with Gasteiger partial charge >= 0.3 is 0 Å². The molecule has 0 radical (unpaired) electrons. The summed E-state index contributed by atoms with van der Waals surface area (Å²) in [6.07, 6.45) is 4.87. The molecule has 2 aliphatic rings. The highest BCUT2D eigenvalue weighted by Crippen LogP contribution is 2.32. The van der Waals surface area contributed by atoms with E-state index in [1.807, 2.05) is 0 Å². The Labute approximate surface area is 99.3 Å². The fourth-order valence-electron chi connectivity index (χ4n) is 2.98. The number of morpholine rings is 1. The Morgan fingerprint density at radius 1 is 1.31 bits per heavy atom. The van der Waals surface area contributed by atoms with Gasteiger partial charge in [0, 0.05) is 12.6 Å². The third kappa shape index (κ3) is 2.58. The van der Waals surface area contributed by atoms with Crippen LogP contribution >= 0.6 is 0 Å². The van der Waals surface area contributed by atoms with Crippen LogP contribution in [0.1, 0.15) is 39.5 Å². The minimum atomic E-state index is 0.132. The van der Waals surface area contributed by atoms with Crippen molar-refractivity contribution in [1.82, 2.24) is 10.6 Å². The van der Waals surface area contributed by atoms with Gasteiger partial charge < -0.3 is 15.4 Å². The van der Waals surface area contributed by atoms with Gasteiger partial charge in [0.05, 0.1) is 12.2 Å². The molecule has 2 saturated heterocycles. The molecule has 0 amide bonds. The van der Waals surface area contributed by atoms with Crippen LogP contribution in [0.15, 0.2) is 0 Å². The van der Waals surface area contributed by atoms with Gasteiger partial charge in [0.2, 0.25) is 0 Å². The van der Waals surface area contributed by atoms with E-state index in [4.69, 9.17) is 4.74 Å². The lowest BCUT2D eigenvalue weighted by Crippen LogP contribution is -2.62. The Kier molecular flexibility index (Phi) is 4.22. The van der Waals surface area contributed by atoms with Crippen molar-refractivity contribution in [2.24, 2.45) is 5.92 Å². The molecule has 0 saturated carbocycles. The third-order valence-electron chi connectivity index (χ3n) is 4.30. The lowest BCUT2D eigenvalue weighted by molar-refractivity contribution is -0.117. The number of rotatable bonds is 3. The normalized spacial score (nSPS) is 31.5. The standard InChI is InChI=1S/C13H26N2O/c1-3-11(2)10-12-13(16-9-8-15-12)4-6-14-7-5-13/h11-12,14-15H,3-10H2,1-2H3. The lowest BCUT2D eigenvalue weighted by Gasteiger charge is -2.47. The topological polar surface area (TPSA) is 33.3 Å². The SMILES string of the molecule is CCC(C)CC1NCCOC12CCNCC2. The molecule has 2 N–H and O–H groups in total. The van der Waals surface area contributed by atoms with Crippen molar-refractivity contribution in [3.8, 4) is 0 Å². The molecule has 0 bridgehead atoms. The molecule has 2 rings (SSSR count). The van der Waals surface area contributed by atoms with E-state index in [1.165, 1.54) is 25.7 Å². The minimum absolute atomic E-state index is 0.132. The van der Waals surface area contributed by atoms with Crippen LogP contribution in [0.4, 0.5) is 0 Å². The maximum Gasteiger partial charge on any atom is 0.0859 e. The minimum Gasteiger partial charge on any atom is -0.372 e. The van der Waals surface area contributed by atoms with Gasteiger partial charge in [-0.05, 0) is 38.3 Å². The van der Waals surface area contributed by atoms with Crippen molar-refractivity contribution in [3.63, 3.8) is 0 Å². The Hall–Kier alpha value is -0.120. The van der Waals surface area contributed by atoms with Crippen LogP contribution in [0.5, 0.6) is 0 Å². The molecule has 0 aliphatic carbocycles. The molecule has 3 heteroatoms. The van der Waals surface area contributed by atoms with Gasteiger partial charge in [0.25, 0.3) is 0 Å². The van der Waals surface area contributed by atoms with E-state index in [0.717, 1.165) is 32.2 Å². The second kappa shape index (κ2) is 5.48. The molecule has 0 aromatic rings. The predicted molar refractivity (Wildman–Crippen MR) is 66.6 cm³/mol. The lowest BCUT2D eigenvalue weighted by atomic mass is 9.79. The van der Waals surface area contributed by atoms with Crippen LogP contribution in [0, 0.1) is 5.92 Å². The van der Waals surface area contributed by atoms with Gasteiger partial charge in [0.1, 0.15) is 0 Å². The predicted octanol–water partition coefficient (Wildman–Crippen LogP) is 1.53. The largest absolute Gasteiger partial charge is 0.372 e. The second-order valence-corrected chi connectivity index (χ2v) is 5.42. The zero-order valence-electron chi connectivity index (χ0n) is 10.7. The number of piperidine rings is 1. The maximum atomic E-state index is 6.16. The van der Waals surface area contributed by atoms with E-state index in [9.17, 15) is 0 Å². The van der Waals surface area contributed by atoms with Crippen molar-refractivity contribution in [2.75, 3.05) is 26.2 Å². The molecule has 0 aromatic carbocycles. The molecule has 1 spiro atoms. The molecule has 2 atom stereocenters. The summed E-state index contributed by atoms with van der Waals surface area (Å²) < 4.78 is 6.16. The van der Waals surface area contributed by atoms with Crippen LogP contribution in [-0.2, 0) is 4.74 Å². The molecular weight excluding hydrogens is 200 g/mol. The first kappa shape index (κ1) is 12.3. The van der Waals surface area contributed by atoms with Gasteiger partial charge in [0.15, 0.2) is 0 Å². The van der Waals surface area contributed by atoms with Crippen molar-refractivity contribution < 1.29 is 4.74 Å². The van der Waals surface area contributed by atoms with Crippen LogP contribution in [0.3, 0.4) is 0 Å². The zero-order chi connectivity index (χ0) is 11.4. The Morgan fingerprint density at radius 2 is 2.06 bits per heavy atom. The van der Waals surface area contributed by atoms with Crippen molar-refractivity contribution in [1.29, 1.82) is 0 Å². The first-order chi connectivity index (χ1) is 7.77. The summed E-state index contributed by atoms with van der Waals surface area (Å²) in [6, 6.07) is 0.568. The number of ether oxygens (including phenoxy) is 1. The van der Waals surface area contributed by atoms with Gasteiger partial charge in [-0.1, -0.05) is 20.3 Å². The summed E-state index contributed by atoms with van der Waals surface area (Å²) in [6.45, 7) is 8.76. The maximum absolute atomic E-state index is 6.16. The van der Waals surface area contributed by atoms with E-state index in [-0.39, 0.29) is 5.60 Å². The molecular formula is C13H26N2O. The molecule has 2 heterocycles. The number of nitrogens with one attached hydrogen (secondary N) is 2. The van der Waals surface area contributed by atoms with Crippen LogP contribution < -0.4 is 10.6 Å². The summed E-state index contributed by atoms with van der Waals surface area (Å²) in [5.41, 5.74) is 0.132. The molecule has 16 heavy (non-hydrogen) atoms. The summed E-state index contributed by atoms with van der Waals surface area (Å²) in [5, 5.41) is 7.13.